The van der Waals surface area contributed by atoms with E-state index in [1.807, 2.05) is 19.9 Å². The van der Waals surface area contributed by atoms with Crippen LogP contribution in [-0.4, -0.2) is 26.8 Å². The molecule has 0 fully saturated rings. The molecule has 150 valence electrons. The predicted octanol–water partition coefficient (Wildman–Crippen LogP) is 3.00. The van der Waals surface area contributed by atoms with Crippen LogP contribution in [0.15, 0.2) is 59.4 Å². The number of benzene rings is 2. The van der Waals surface area contributed by atoms with Crippen molar-refractivity contribution in [1.29, 1.82) is 0 Å². The average molecular weight is 393 g/mol. The molecule has 2 N–H and O–H groups in total. The lowest BCUT2D eigenvalue weighted by molar-refractivity contribution is -0.137. The summed E-state index contributed by atoms with van der Waals surface area (Å²) in [6.07, 6.45) is -0.265. The fraction of sp³-hybridized carbons (Fsp3) is 0.273. The van der Waals surface area contributed by atoms with Crippen molar-refractivity contribution in [2.24, 2.45) is 5.92 Å². The molecule has 7 heteroatoms. The van der Waals surface area contributed by atoms with Crippen LogP contribution >= 0.6 is 0 Å². The first-order chi connectivity index (χ1) is 13.9. The van der Waals surface area contributed by atoms with E-state index in [1.54, 1.807) is 48.5 Å². The van der Waals surface area contributed by atoms with Gasteiger partial charge in [-0.3, -0.25) is 14.4 Å². The number of carboxylic acids is 1. The summed E-state index contributed by atoms with van der Waals surface area (Å²) in [6.45, 7) is 4.30. The van der Waals surface area contributed by atoms with Crippen LogP contribution in [0.2, 0.25) is 0 Å². The molecule has 0 aliphatic carbocycles. The van der Waals surface area contributed by atoms with Crippen molar-refractivity contribution in [3.05, 3.63) is 76.2 Å². The van der Waals surface area contributed by atoms with Crippen LogP contribution in [0.4, 0.5) is 0 Å². The molecule has 7 nitrogen and oxygen atoms in total. The van der Waals surface area contributed by atoms with Crippen LogP contribution in [0, 0.1) is 5.92 Å². The molecule has 0 saturated carbocycles. The predicted molar refractivity (Wildman–Crippen MR) is 110 cm³/mol. The molecule has 1 heterocycles. The number of aromatic nitrogens is 2. The molecule has 1 unspecified atom stereocenters. The highest BCUT2D eigenvalue weighted by atomic mass is 16.4. The normalized spacial score (nSPS) is 12.1. The molecule has 0 bridgehead atoms. The number of rotatable bonds is 7. The highest BCUT2D eigenvalue weighted by Gasteiger charge is 2.22. The monoisotopic (exact) mass is 393 g/mol. The van der Waals surface area contributed by atoms with Gasteiger partial charge >= 0.3 is 5.97 Å². The lowest BCUT2D eigenvalue weighted by Gasteiger charge is -2.18. The summed E-state index contributed by atoms with van der Waals surface area (Å²) < 4.78 is 1.30. The zero-order valence-corrected chi connectivity index (χ0v) is 16.3. The van der Waals surface area contributed by atoms with Gasteiger partial charge in [0, 0.05) is 11.9 Å². The van der Waals surface area contributed by atoms with Gasteiger partial charge in [-0.1, -0.05) is 62.4 Å². The number of amides is 1. The molecule has 0 spiro atoms. The Kier molecular flexibility index (Phi) is 6.07. The van der Waals surface area contributed by atoms with E-state index in [9.17, 15) is 19.5 Å². The van der Waals surface area contributed by atoms with Gasteiger partial charge in [-0.05, 0) is 17.5 Å². The topological polar surface area (TPSA) is 101 Å². The lowest BCUT2D eigenvalue weighted by Crippen LogP contribution is -2.34. The lowest BCUT2D eigenvalue weighted by atomic mass is 10.0. The Morgan fingerprint density at radius 1 is 1.03 bits per heavy atom. The number of carbonyl (C=O) groups excluding carboxylic acids is 1. The Labute approximate surface area is 168 Å². The second kappa shape index (κ2) is 8.68. The Bertz CT molecular complexity index is 1090. The molecular formula is C22H23N3O4. The molecule has 0 saturated heterocycles. The first kappa shape index (κ1) is 20.3. The van der Waals surface area contributed by atoms with Crippen LogP contribution in [0.5, 0.6) is 0 Å². The fourth-order valence-electron chi connectivity index (χ4n) is 3.21. The van der Waals surface area contributed by atoms with Crippen molar-refractivity contribution in [1.82, 2.24) is 15.1 Å². The van der Waals surface area contributed by atoms with Gasteiger partial charge in [0.05, 0.1) is 17.8 Å². The number of fused-ring (bicyclic) bond motifs is 1. The molecule has 0 radical (unpaired) electrons. The first-order valence-electron chi connectivity index (χ1n) is 9.44. The van der Waals surface area contributed by atoms with Crippen molar-refractivity contribution in [2.45, 2.75) is 32.9 Å². The largest absolute Gasteiger partial charge is 0.481 e. The molecule has 29 heavy (non-hydrogen) atoms. The summed E-state index contributed by atoms with van der Waals surface area (Å²) in [5.74, 6) is -1.38. The summed E-state index contributed by atoms with van der Waals surface area (Å²) in [6, 6.07) is 15.0. The summed E-state index contributed by atoms with van der Waals surface area (Å²) in [5, 5.41) is 17.2. The van der Waals surface area contributed by atoms with E-state index in [0.717, 1.165) is 0 Å². The van der Waals surface area contributed by atoms with Crippen LogP contribution in [0.3, 0.4) is 0 Å². The van der Waals surface area contributed by atoms with Crippen LogP contribution in [0.1, 0.15) is 42.4 Å². The van der Waals surface area contributed by atoms with Crippen molar-refractivity contribution in [3.63, 3.8) is 0 Å². The molecule has 0 aliphatic rings. The number of hydrogen-bond donors (Lipinski definition) is 2. The number of nitrogens with zero attached hydrogens (tertiary/aromatic N) is 2. The van der Waals surface area contributed by atoms with Crippen molar-refractivity contribution in [3.8, 4) is 0 Å². The number of carboxylic acid groups (broad SMARTS) is 1. The molecule has 3 aromatic rings. The number of nitrogens with one attached hydrogen (secondary N) is 1. The van der Waals surface area contributed by atoms with Gasteiger partial charge in [-0.25, -0.2) is 4.68 Å². The Hall–Kier alpha value is -3.48. The maximum Gasteiger partial charge on any atom is 0.305 e. The highest BCUT2D eigenvalue weighted by molar-refractivity contribution is 6.05. The number of aliphatic carboxylic acids is 1. The zero-order valence-electron chi connectivity index (χ0n) is 16.3. The van der Waals surface area contributed by atoms with E-state index in [-0.39, 0.29) is 23.6 Å². The van der Waals surface area contributed by atoms with Gasteiger partial charge in [0.25, 0.3) is 11.5 Å². The molecule has 0 aliphatic heterocycles. The van der Waals surface area contributed by atoms with E-state index in [0.29, 0.717) is 22.9 Å². The Morgan fingerprint density at radius 3 is 2.28 bits per heavy atom. The van der Waals surface area contributed by atoms with E-state index >= 15 is 0 Å². The van der Waals surface area contributed by atoms with Gasteiger partial charge in [-0.15, -0.1) is 0 Å². The molecule has 1 amide bonds. The second-order valence-electron chi connectivity index (χ2n) is 7.31. The zero-order chi connectivity index (χ0) is 21.0. The van der Waals surface area contributed by atoms with Gasteiger partial charge in [0.15, 0.2) is 5.69 Å². The van der Waals surface area contributed by atoms with Crippen molar-refractivity contribution in [2.75, 3.05) is 0 Å². The van der Waals surface area contributed by atoms with E-state index in [1.165, 1.54) is 4.68 Å². The van der Waals surface area contributed by atoms with Crippen molar-refractivity contribution < 1.29 is 14.7 Å². The fourth-order valence-corrected chi connectivity index (χ4v) is 3.21. The molecular weight excluding hydrogens is 370 g/mol. The highest BCUT2D eigenvalue weighted by Crippen LogP contribution is 2.19. The van der Waals surface area contributed by atoms with Crippen LogP contribution in [-0.2, 0) is 11.3 Å². The Balaban J connectivity index is 2.04. The maximum atomic E-state index is 13.1. The van der Waals surface area contributed by atoms with Crippen molar-refractivity contribution >= 4 is 22.6 Å². The van der Waals surface area contributed by atoms with Crippen LogP contribution in [0.25, 0.3) is 10.8 Å². The maximum absolute atomic E-state index is 13.1. The van der Waals surface area contributed by atoms with E-state index in [2.05, 4.69) is 10.4 Å². The van der Waals surface area contributed by atoms with Gasteiger partial charge in [0.1, 0.15) is 0 Å². The van der Waals surface area contributed by atoms with Gasteiger partial charge < -0.3 is 10.4 Å². The number of carbonyl (C=O) groups is 2. The van der Waals surface area contributed by atoms with E-state index in [4.69, 9.17) is 0 Å². The summed E-state index contributed by atoms with van der Waals surface area (Å²) >= 11 is 0. The Morgan fingerprint density at radius 2 is 1.66 bits per heavy atom. The van der Waals surface area contributed by atoms with E-state index < -0.39 is 17.9 Å². The minimum atomic E-state index is -1.03. The summed E-state index contributed by atoms with van der Waals surface area (Å²) in [4.78, 5) is 37.1. The molecule has 3 rings (SSSR count). The van der Waals surface area contributed by atoms with Crippen LogP contribution < -0.4 is 10.9 Å². The summed E-state index contributed by atoms with van der Waals surface area (Å²) in [5.41, 5.74) is 0.534. The minimum Gasteiger partial charge on any atom is -0.481 e. The smallest absolute Gasteiger partial charge is 0.305 e. The minimum absolute atomic E-state index is 0.104. The first-order valence-corrected chi connectivity index (χ1v) is 9.44. The molecule has 2 aromatic carbocycles. The van der Waals surface area contributed by atoms with Gasteiger partial charge in [0.2, 0.25) is 0 Å². The SMILES string of the molecule is CC(C)Cn1nc(C(=O)NC(CC(=O)O)c2ccccc2)c2ccccc2c1=O. The third-order valence-corrected chi connectivity index (χ3v) is 4.51. The quantitative estimate of drug-likeness (QED) is 0.643. The summed E-state index contributed by atoms with van der Waals surface area (Å²) in [7, 11) is 0. The standard InChI is InChI=1S/C22H23N3O4/c1-14(2)13-25-22(29)17-11-7-6-10-16(17)20(24-25)21(28)23-18(12-19(26)27)15-8-4-3-5-9-15/h3-11,14,18H,12-13H2,1-2H3,(H,23,28)(H,26,27). The number of hydrogen-bond acceptors (Lipinski definition) is 4. The van der Waals surface area contributed by atoms with Gasteiger partial charge in [-0.2, -0.15) is 5.10 Å². The third-order valence-electron chi connectivity index (χ3n) is 4.51. The second-order valence-corrected chi connectivity index (χ2v) is 7.31. The average Bonchev–Trinajstić information content (AvgIpc) is 2.69. The molecule has 1 atom stereocenters. The third kappa shape index (κ3) is 4.68. The molecule has 1 aromatic heterocycles.